The number of rotatable bonds is 12. The van der Waals surface area contributed by atoms with Crippen LogP contribution in [0.3, 0.4) is 0 Å². The second-order valence-electron chi connectivity index (χ2n) is 26.5. The summed E-state index contributed by atoms with van der Waals surface area (Å²) in [5, 5.41) is 28.1. The second kappa shape index (κ2) is 25.0. The lowest BCUT2D eigenvalue weighted by atomic mass is 9.83. The zero-order valence-electron chi connectivity index (χ0n) is 56.0. The molecule has 5 nitrogen and oxygen atoms in total. The van der Waals surface area contributed by atoms with Crippen molar-refractivity contribution in [2.45, 2.75) is 0 Å². The molecule has 0 aliphatic heterocycles. The Balaban J connectivity index is 1.10. The first-order valence-corrected chi connectivity index (χ1v) is 34.9. The summed E-state index contributed by atoms with van der Waals surface area (Å²) in [5.41, 5.74) is 28.9. The van der Waals surface area contributed by atoms with Crippen LogP contribution in [0, 0.1) is 22.7 Å². The Labute approximate surface area is 596 Å². The van der Waals surface area contributed by atoms with Crippen LogP contribution >= 0.6 is 0 Å². The Hall–Kier alpha value is -14.1. The number of nitrogens with zero attached hydrogens (tertiary/aromatic N) is 5. The SMILES string of the molecule is N#Cc1ccc(-c2c(-c3ccccc3)c(-c3ccc(C#N)cc3)c(-n3c4ccc(-c5ccccc5)cc4c4cc(-c5ccccc5)ccc43)c(-n3c4ccc(-c5ccccc5)cc4c4cc(-c5ccccc5)ccc43)c2-n2c3ccc(-c4ccccc4)cc3c3cc(-c4ccccc4)ccc32)cc1. The molecular weight excluding hydrogens is 1250 g/mol. The molecule has 19 rings (SSSR count). The summed E-state index contributed by atoms with van der Waals surface area (Å²) in [6.45, 7) is 0. The van der Waals surface area contributed by atoms with Gasteiger partial charge in [0.15, 0.2) is 0 Å². The van der Waals surface area contributed by atoms with Gasteiger partial charge in [-0.05, 0) is 181 Å². The van der Waals surface area contributed by atoms with Gasteiger partial charge in [0.2, 0.25) is 0 Å². The highest BCUT2D eigenvalue weighted by atomic mass is 15.1. The third-order valence-corrected chi connectivity index (χ3v) is 20.7. The van der Waals surface area contributed by atoms with E-state index in [1.54, 1.807) is 0 Å². The Morgan fingerprint density at radius 3 is 0.563 bits per heavy atom. The van der Waals surface area contributed by atoms with Crippen LogP contribution in [-0.4, -0.2) is 13.7 Å². The van der Waals surface area contributed by atoms with Crippen LogP contribution in [0.4, 0.5) is 0 Å². The van der Waals surface area contributed by atoms with Crippen molar-refractivity contribution in [3.05, 3.63) is 381 Å². The van der Waals surface area contributed by atoms with Gasteiger partial charge in [-0.3, -0.25) is 0 Å². The topological polar surface area (TPSA) is 62.4 Å². The summed E-state index contributed by atoms with van der Waals surface area (Å²) in [6, 6.07) is 139. The molecule has 3 heterocycles. The van der Waals surface area contributed by atoms with Gasteiger partial charge in [0.05, 0.1) is 73.4 Å². The number of aromatic nitrogens is 3. The van der Waals surface area contributed by atoms with Crippen molar-refractivity contribution in [3.8, 4) is 129 Å². The maximum absolute atomic E-state index is 10.8. The zero-order chi connectivity index (χ0) is 68.5. The lowest BCUT2D eigenvalue weighted by molar-refractivity contribution is 1.05. The number of hydrogen-bond donors (Lipinski definition) is 0. The van der Waals surface area contributed by atoms with E-state index in [2.05, 4.69) is 372 Å². The molecule has 5 heteroatoms. The molecule has 0 saturated carbocycles. The molecule has 0 fully saturated rings. The molecule has 19 aromatic rings. The van der Waals surface area contributed by atoms with Gasteiger partial charge in [-0.25, -0.2) is 0 Å². The second-order valence-corrected chi connectivity index (χ2v) is 26.5. The Bertz CT molecular complexity index is 6030. The fourth-order valence-electron chi connectivity index (χ4n) is 15.9. The molecule has 0 aliphatic carbocycles. The summed E-state index contributed by atoms with van der Waals surface area (Å²) in [5.74, 6) is 0. The third-order valence-electron chi connectivity index (χ3n) is 20.7. The molecule has 0 atom stereocenters. The van der Waals surface area contributed by atoms with E-state index in [9.17, 15) is 10.5 Å². The lowest BCUT2D eigenvalue weighted by Crippen LogP contribution is -2.14. The fourth-order valence-corrected chi connectivity index (χ4v) is 15.9. The molecule has 0 spiro atoms. The van der Waals surface area contributed by atoms with E-state index in [-0.39, 0.29) is 0 Å². The fraction of sp³-hybridized carbons (Fsp3) is 0. The van der Waals surface area contributed by atoms with Crippen LogP contribution in [0.2, 0.25) is 0 Å². The van der Waals surface area contributed by atoms with E-state index in [0.717, 1.165) is 183 Å². The third kappa shape index (κ3) is 10.2. The van der Waals surface area contributed by atoms with E-state index < -0.39 is 0 Å². The van der Waals surface area contributed by atoms with Gasteiger partial charge >= 0.3 is 0 Å². The van der Waals surface area contributed by atoms with Gasteiger partial charge in [-0.1, -0.05) is 273 Å². The quantitative estimate of drug-likeness (QED) is 0.122. The average Bonchev–Trinajstić information content (AvgIpc) is 1.62. The van der Waals surface area contributed by atoms with Crippen molar-refractivity contribution in [3.63, 3.8) is 0 Å². The molecule has 103 heavy (non-hydrogen) atoms. The van der Waals surface area contributed by atoms with Crippen molar-refractivity contribution in [2.24, 2.45) is 0 Å². The van der Waals surface area contributed by atoms with Crippen LogP contribution in [0.15, 0.2) is 370 Å². The van der Waals surface area contributed by atoms with Crippen molar-refractivity contribution in [1.82, 2.24) is 13.7 Å². The highest BCUT2D eigenvalue weighted by Crippen LogP contribution is 2.56. The minimum atomic E-state index is 0.551. The first-order chi connectivity index (χ1) is 51.0. The summed E-state index contributed by atoms with van der Waals surface area (Å²) in [6.07, 6.45) is 0. The van der Waals surface area contributed by atoms with E-state index >= 15 is 0 Å². The predicted octanol–water partition coefficient (Wildman–Crippen LogP) is 25.7. The number of fused-ring (bicyclic) bond motifs is 9. The largest absolute Gasteiger partial charge is 0.306 e. The standard InChI is InChI=1S/C98H61N5/c99-62-64-36-40-73(41-37-64)94-93(72-34-20-7-21-35-72)95(74-42-38-65(63-100)39-43-74)97(102-89-52-46-77(68-26-12-3-13-27-68)58-83(89)84-59-78(47-53-90(84)102)69-28-14-4-15-29-69)98(103-91-54-48-79(70-30-16-5-17-31-70)60-85(91)86-61-80(49-55-92(86)103)71-32-18-6-19-33-71)96(94)101-87-50-44-75(66-22-8-1-9-23-66)56-81(87)82-57-76(45-51-88(82)101)67-24-10-2-11-25-67/h1-61H. The molecule has 0 unspecified atom stereocenters. The molecule has 0 bridgehead atoms. The molecule has 0 radical (unpaired) electrons. The normalized spacial score (nSPS) is 11.5. The smallest absolute Gasteiger partial charge is 0.0991 e. The maximum Gasteiger partial charge on any atom is 0.0991 e. The Morgan fingerprint density at radius 2 is 0.350 bits per heavy atom. The Morgan fingerprint density at radius 1 is 0.165 bits per heavy atom. The molecule has 0 saturated heterocycles. The monoisotopic (exact) mass is 1310 g/mol. The van der Waals surface area contributed by atoms with Gasteiger partial charge in [-0.15, -0.1) is 0 Å². The lowest BCUT2D eigenvalue weighted by Gasteiger charge is -2.31. The van der Waals surface area contributed by atoms with Gasteiger partial charge in [0.25, 0.3) is 0 Å². The molecule has 0 amide bonds. The number of benzene rings is 16. The zero-order valence-corrected chi connectivity index (χ0v) is 56.0. The summed E-state index contributed by atoms with van der Waals surface area (Å²) in [7, 11) is 0. The minimum absolute atomic E-state index is 0.551. The summed E-state index contributed by atoms with van der Waals surface area (Å²) < 4.78 is 7.72. The maximum atomic E-state index is 10.8. The van der Waals surface area contributed by atoms with E-state index in [0.29, 0.717) is 11.1 Å². The van der Waals surface area contributed by atoms with Crippen molar-refractivity contribution >= 4 is 65.4 Å². The van der Waals surface area contributed by atoms with Crippen LogP contribution in [-0.2, 0) is 0 Å². The van der Waals surface area contributed by atoms with Gasteiger partial charge in [0, 0.05) is 49.0 Å². The first kappa shape index (κ1) is 60.1. The average molecular weight is 1310 g/mol. The van der Waals surface area contributed by atoms with Crippen LogP contribution in [0.5, 0.6) is 0 Å². The van der Waals surface area contributed by atoms with E-state index in [4.69, 9.17) is 0 Å². The number of hydrogen-bond acceptors (Lipinski definition) is 2. The van der Waals surface area contributed by atoms with Crippen molar-refractivity contribution in [1.29, 1.82) is 10.5 Å². The molecule has 0 aliphatic rings. The van der Waals surface area contributed by atoms with Crippen molar-refractivity contribution in [2.75, 3.05) is 0 Å². The van der Waals surface area contributed by atoms with E-state index in [1.165, 1.54) is 0 Å². The molecular formula is C98H61N5. The summed E-state index contributed by atoms with van der Waals surface area (Å²) >= 11 is 0. The molecule has 3 aromatic heterocycles. The van der Waals surface area contributed by atoms with Crippen molar-refractivity contribution < 1.29 is 0 Å². The predicted molar refractivity (Wildman–Crippen MR) is 428 cm³/mol. The Kier molecular flexibility index (Phi) is 14.6. The van der Waals surface area contributed by atoms with Crippen LogP contribution in [0.1, 0.15) is 11.1 Å². The van der Waals surface area contributed by atoms with Gasteiger partial charge in [0.1, 0.15) is 0 Å². The molecule has 16 aromatic carbocycles. The molecule has 0 N–H and O–H groups in total. The highest BCUT2D eigenvalue weighted by Gasteiger charge is 2.35. The highest BCUT2D eigenvalue weighted by molar-refractivity contribution is 6.20. The van der Waals surface area contributed by atoms with Gasteiger partial charge < -0.3 is 13.7 Å². The first-order valence-electron chi connectivity index (χ1n) is 34.9. The summed E-state index contributed by atoms with van der Waals surface area (Å²) in [4.78, 5) is 0. The minimum Gasteiger partial charge on any atom is -0.306 e. The van der Waals surface area contributed by atoms with Crippen LogP contribution < -0.4 is 0 Å². The molecule has 478 valence electrons. The van der Waals surface area contributed by atoms with Crippen LogP contribution in [0.25, 0.3) is 183 Å². The van der Waals surface area contributed by atoms with Gasteiger partial charge in [-0.2, -0.15) is 10.5 Å². The van der Waals surface area contributed by atoms with E-state index in [1.807, 2.05) is 24.3 Å². The number of nitriles is 2.